The highest BCUT2D eigenvalue weighted by molar-refractivity contribution is 5.80. The molecule has 1 saturated heterocycles. The van der Waals surface area contributed by atoms with E-state index in [0.717, 1.165) is 44.9 Å². The average Bonchev–Trinajstić information content (AvgIpc) is 3.21. The minimum absolute atomic E-state index is 0.0898. The van der Waals surface area contributed by atoms with Crippen LogP contribution < -0.4 is 4.74 Å². The quantitative estimate of drug-likeness (QED) is 0.717. The van der Waals surface area contributed by atoms with Gasteiger partial charge in [-0.2, -0.15) is 0 Å². The van der Waals surface area contributed by atoms with E-state index in [-0.39, 0.29) is 11.9 Å². The Bertz CT molecular complexity index is 677. The highest BCUT2D eigenvalue weighted by atomic mass is 16.5. The molecular formula is C22H31N3O2. The Hall–Kier alpha value is -2.27. The van der Waals surface area contributed by atoms with Crippen LogP contribution in [-0.2, 0) is 4.79 Å². The van der Waals surface area contributed by atoms with Gasteiger partial charge in [0.2, 0.25) is 5.91 Å². The van der Waals surface area contributed by atoms with Gasteiger partial charge < -0.3 is 14.2 Å². The molecule has 1 aliphatic rings. The maximum absolute atomic E-state index is 13.1. The van der Waals surface area contributed by atoms with Crippen LogP contribution in [0.1, 0.15) is 26.3 Å². The second-order valence-corrected chi connectivity index (χ2v) is 7.60. The summed E-state index contributed by atoms with van der Waals surface area (Å²) in [6.45, 7) is 9.32. The monoisotopic (exact) mass is 369 g/mol. The Balaban J connectivity index is 1.46. The summed E-state index contributed by atoms with van der Waals surface area (Å²) in [7, 11) is 0. The summed E-state index contributed by atoms with van der Waals surface area (Å²) < 4.78 is 7.85. The molecule has 0 aliphatic carbocycles. The van der Waals surface area contributed by atoms with Crippen molar-refractivity contribution in [1.29, 1.82) is 0 Å². The molecule has 27 heavy (non-hydrogen) atoms. The fourth-order valence-electron chi connectivity index (χ4n) is 3.56. The molecule has 1 amide bonds. The van der Waals surface area contributed by atoms with Crippen molar-refractivity contribution in [2.24, 2.45) is 5.92 Å². The molecule has 1 aromatic heterocycles. The summed E-state index contributed by atoms with van der Waals surface area (Å²) in [4.78, 5) is 17.5. The first-order valence-electron chi connectivity index (χ1n) is 9.95. The van der Waals surface area contributed by atoms with Gasteiger partial charge in [0.25, 0.3) is 0 Å². The van der Waals surface area contributed by atoms with Crippen LogP contribution in [0.3, 0.4) is 0 Å². The van der Waals surface area contributed by atoms with Gasteiger partial charge in [0.1, 0.15) is 18.4 Å². The van der Waals surface area contributed by atoms with Crippen molar-refractivity contribution in [2.75, 3.05) is 39.3 Å². The minimum Gasteiger partial charge on any atom is -0.492 e. The van der Waals surface area contributed by atoms with E-state index in [9.17, 15) is 4.79 Å². The lowest BCUT2D eigenvalue weighted by atomic mass is 10.0. The molecule has 1 aromatic carbocycles. The van der Waals surface area contributed by atoms with E-state index in [2.05, 4.69) is 23.3 Å². The van der Waals surface area contributed by atoms with E-state index in [1.807, 2.05) is 59.8 Å². The van der Waals surface area contributed by atoms with E-state index in [1.165, 1.54) is 0 Å². The smallest absolute Gasteiger partial charge is 0.245 e. The van der Waals surface area contributed by atoms with E-state index < -0.39 is 0 Å². The minimum atomic E-state index is -0.0898. The first-order chi connectivity index (χ1) is 13.1. The number of benzene rings is 1. The molecule has 0 bridgehead atoms. The first-order valence-corrected chi connectivity index (χ1v) is 9.95. The Kier molecular flexibility index (Phi) is 6.93. The van der Waals surface area contributed by atoms with Crippen LogP contribution in [0.4, 0.5) is 0 Å². The van der Waals surface area contributed by atoms with Gasteiger partial charge in [-0.25, -0.2) is 0 Å². The largest absolute Gasteiger partial charge is 0.492 e. The molecule has 2 heterocycles. The van der Waals surface area contributed by atoms with E-state index >= 15 is 0 Å². The van der Waals surface area contributed by atoms with Crippen molar-refractivity contribution >= 4 is 5.91 Å². The molecule has 3 rings (SSSR count). The number of ether oxygens (including phenoxy) is 1. The summed E-state index contributed by atoms with van der Waals surface area (Å²) in [5.74, 6) is 1.65. The molecule has 0 N–H and O–H groups in total. The SMILES string of the molecule is CC(C)C[C@H](C(=O)N1CCN(CCOc2ccccc2)CC1)n1cccc1. The zero-order chi connectivity index (χ0) is 19.1. The number of hydrogen-bond donors (Lipinski definition) is 0. The predicted molar refractivity (Wildman–Crippen MR) is 108 cm³/mol. The first kappa shape index (κ1) is 19.5. The van der Waals surface area contributed by atoms with Crippen LogP contribution in [0.25, 0.3) is 0 Å². The summed E-state index contributed by atoms with van der Waals surface area (Å²) in [6.07, 6.45) is 4.88. The van der Waals surface area contributed by atoms with Crippen molar-refractivity contribution in [2.45, 2.75) is 26.3 Å². The number of aromatic nitrogens is 1. The average molecular weight is 370 g/mol. The van der Waals surface area contributed by atoms with E-state index in [1.54, 1.807) is 0 Å². The topological polar surface area (TPSA) is 37.7 Å². The fourth-order valence-corrected chi connectivity index (χ4v) is 3.56. The molecule has 2 aromatic rings. The second-order valence-electron chi connectivity index (χ2n) is 7.60. The highest BCUT2D eigenvalue weighted by Crippen LogP contribution is 2.21. The molecule has 1 atom stereocenters. The maximum atomic E-state index is 13.1. The van der Waals surface area contributed by atoms with E-state index in [0.29, 0.717) is 12.5 Å². The molecule has 146 valence electrons. The third-order valence-corrected chi connectivity index (χ3v) is 5.07. The number of piperazine rings is 1. The number of hydrogen-bond acceptors (Lipinski definition) is 3. The molecule has 5 nitrogen and oxygen atoms in total. The standard InChI is InChI=1S/C22H31N3O2/c1-19(2)18-21(24-10-6-7-11-24)22(26)25-14-12-23(13-15-25)16-17-27-20-8-4-3-5-9-20/h3-11,19,21H,12-18H2,1-2H3/t21-/m1/s1. The van der Waals surface area contributed by atoms with Crippen LogP contribution >= 0.6 is 0 Å². The van der Waals surface area contributed by atoms with Crippen molar-refractivity contribution in [3.63, 3.8) is 0 Å². The van der Waals surface area contributed by atoms with Gasteiger partial charge in [0.15, 0.2) is 0 Å². The number of carbonyl (C=O) groups excluding carboxylic acids is 1. The van der Waals surface area contributed by atoms with Crippen molar-refractivity contribution in [3.05, 3.63) is 54.9 Å². The zero-order valence-electron chi connectivity index (χ0n) is 16.5. The van der Waals surface area contributed by atoms with Gasteiger partial charge in [-0.3, -0.25) is 9.69 Å². The number of para-hydroxylation sites is 1. The third-order valence-electron chi connectivity index (χ3n) is 5.07. The number of nitrogens with zero attached hydrogens (tertiary/aromatic N) is 3. The van der Waals surface area contributed by atoms with Gasteiger partial charge in [-0.05, 0) is 36.6 Å². The summed E-state index contributed by atoms with van der Waals surface area (Å²) >= 11 is 0. The lowest BCUT2D eigenvalue weighted by Gasteiger charge is -2.37. The molecule has 0 saturated carbocycles. The lowest BCUT2D eigenvalue weighted by molar-refractivity contribution is -0.137. The Labute approximate surface area is 162 Å². The Morgan fingerprint density at radius 2 is 1.67 bits per heavy atom. The van der Waals surface area contributed by atoms with Gasteiger partial charge in [-0.1, -0.05) is 32.0 Å². The van der Waals surface area contributed by atoms with Crippen LogP contribution in [-0.4, -0.2) is 59.6 Å². The molecule has 0 radical (unpaired) electrons. The highest BCUT2D eigenvalue weighted by Gasteiger charge is 2.28. The fraction of sp³-hybridized carbons (Fsp3) is 0.500. The summed E-state index contributed by atoms with van der Waals surface area (Å²) in [5, 5.41) is 0. The van der Waals surface area contributed by atoms with Crippen LogP contribution in [0, 0.1) is 5.92 Å². The Morgan fingerprint density at radius 1 is 1.00 bits per heavy atom. The lowest BCUT2D eigenvalue weighted by Crippen LogP contribution is -2.51. The van der Waals surface area contributed by atoms with Crippen molar-refractivity contribution in [3.8, 4) is 5.75 Å². The predicted octanol–water partition coefficient (Wildman–Crippen LogP) is 3.30. The molecule has 0 unspecified atom stereocenters. The van der Waals surface area contributed by atoms with Crippen LogP contribution in [0.15, 0.2) is 54.9 Å². The molecular weight excluding hydrogens is 338 g/mol. The van der Waals surface area contributed by atoms with Gasteiger partial charge in [0, 0.05) is 45.1 Å². The number of rotatable bonds is 8. The Morgan fingerprint density at radius 3 is 2.30 bits per heavy atom. The second kappa shape index (κ2) is 9.60. The van der Waals surface area contributed by atoms with Gasteiger partial charge >= 0.3 is 0 Å². The third kappa shape index (κ3) is 5.60. The summed E-state index contributed by atoms with van der Waals surface area (Å²) in [5.41, 5.74) is 0. The number of carbonyl (C=O) groups is 1. The van der Waals surface area contributed by atoms with Gasteiger partial charge in [0.05, 0.1) is 0 Å². The summed E-state index contributed by atoms with van der Waals surface area (Å²) in [6, 6.07) is 13.8. The van der Waals surface area contributed by atoms with Crippen molar-refractivity contribution < 1.29 is 9.53 Å². The number of amides is 1. The van der Waals surface area contributed by atoms with Crippen molar-refractivity contribution in [1.82, 2.24) is 14.4 Å². The molecule has 5 heteroatoms. The molecule has 1 aliphatic heterocycles. The normalized spacial score (nSPS) is 16.5. The van der Waals surface area contributed by atoms with E-state index in [4.69, 9.17) is 4.74 Å². The molecule has 0 spiro atoms. The zero-order valence-corrected chi connectivity index (χ0v) is 16.5. The molecule has 1 fully saturated rings. The van der Waals surface area contributed by atoms with Gasteiger partial charge in [-0.15, -0.1) is 0 Å². The maximum Gasteiger partial charge on any atom is 0.245 e. The van der Waals surface area contributed by atoms with Crippen LogP contribution in [0.2, 0.25) is 0 Å². The van der Waals surface area contributed by atoms with Crippen LogP contribution in [0.5, 0.6) is 5.75 Å².